The quantitative estimate of drug-likeness (QED) is 0.766. The van der Waals surface area contributed by atoms with E-state index in [2.05, 4.69) is 11.0 Å². The summed E-state index contributed by atoms with van der Waals surface area (Å²) < 4.78 is 5.85. The van der Waals surface area contributed by atoms with Gasteiger partial charge >= 0.3 is 0 Å². The van der Waals surface area contributed by atoms with Crippen LogP contribution in [-0.4, -0.2) is 25.3 Å². The molecule has 0 N–H and O–H groups in total. The van der Waals surface area contributed by atoms with E-state index in [1.165, 1.54) is 24.9 Å². The molecule has 2 fully saturated rings. The highest BCUT2D eigenvalue weighted by Gasteiger charge is 2.36. The monoisotopic (exact) mass is 285 g/mol. The van der Waals surface area contributed by atoms with Crippen LogP contribution in [0, 0.1) is 0 Å². The van der Waals surface area contributed by atoms with Gasteiger partial charge in [-0.3, -0.25) is 0 Å². The molecule has 0 amide bonds. The van der Waals surface area contributed by atoms with E-state index >= 15 is 0 Å². The molecule has 3 rings (SSSR count). The molecule has 1 saturated heterocycles. The first-order valence-corrected chi connectivity index (χ1v) is 7.43. The van der Waals surface area contributed by atoms with Crippen LogP contribution in [0.25, 0.3) is 0 Å². The lowest BCUT2D eigenvalue weighted by molar-refractivity contribution is 0.0256. The van der Waals surface area contributed by atoms with Crippen LogP contribution < -0.4 is 4.90 Å². The topological polar surface area (TPSA) is 12.5 Å². The molecule has 0 spiro atoms. The highest BCUT2D eigenvalue weighted by Crippen LogP contribution is 2.35. The molecule has 1 aliphatic heterocycles. The number of morpholine rings is 1. The standard InChI is InChI=1S/C14H17Cl2NO/c15-9-10-8-11(16)4-5-12(10)17-6-7-18-14-3-1-2-13(14)17/h4-5,8,13-14H,1-3,6-7,9H2. The molecule has 4 heteroatoms. The molecule has 0 aromatic heterocycles. The van der Waals surface area contributed by atoms with E-state index in [9.17, 15) is 0 Å². The number of halogens is 2. The van der Waals surface area contributed by atoms with Crippen molar-refractivity contribution in [3.63, 3.8) is 0 Å². The van der Waals surface area contributed by atoms with Crippen molar-refractivity contribution in [2.24, 2.45) is 0 Å². The molecule has 18 heavy (non-hydrogen) atoms. The van der Waals surface area contributed by atoms with Gasteiger partial charge in [-0.25, -0.2) is 0 Å². The normalized spacial score (nSPS) is 27.3. The minimum absolute atomic E-state index is 0.401. The Labute approximate surface area is 118 Å². The van der Waals surface area contributed by atoms with Crippen LogP contribution in [0.5, 0.6) is 0 Å². The van der Waals surface area contributed by atoms with Gasteiger partial charge in [-0.15, -0.1) is 11.6 Å². The van der Waals surface area contributed by atoms with Crippen LogP contribution >= 0.6 is 23.2 Å². The number of hydrogen-bond acceptors (Lipinski definition) is 2. The van der Waals surface area contributed by atoms with Gasteiger partial charge in [-0.1, -0.05) is 11.6 Å². The summed E-state index contributed by atoms with van der Waals surface area (Å²) in [7, 11) is 0. The lowest BCUT2D eigenvalue weighted by Crippen LogP contribution is -2.49. The average Bonchev–Trinajstić information content (AvgIpc) is 2.86. The van der Waals surface area contributed by atoms with Gasteiger partial charge in [0.25, 0.3) is 0 Å². The van der Waals surface area contributed by atoms with Crippen molar-refractivity contribution >= 4 is 28.9 Å². The van der Waals surface area contributed by atoms with Crippen LogP contribution in [0.4, 0.5) is 5.69 Å². The van der Waals surface area contributed by atoms with Gasteiger partial charge in [-0.2, -0.15) is 0 Å². The smallest absolute Gasteiger partial charge is 0.0779 e. The van der Waals surface area contributed by atoms with Gasteiger partial charge in [-0.05, 0) is 43.0 Å². The van der Waals surface area contributed by atoms with Crippen molar-refractivity contribution in [1.29, 1.82) is 0 Å². The van der Waals surface area contributed by atoms with E-state index < -0.39 is 0 Å². The minimum Gasteiger partial charge on any atom is -0.374 e. The summed E-state index contributed by atoms with van der Waals surface area (Å²) in [5.41, 5.74) is 2.35. The minimum atomic E-state index is 0.401. The molecule has 2 aliphatic rings. The first-order chi connectivity index (χ1) is 8.79. The number of nitrogens with zero attached hydrogens (tertiary/aromatic N) is 1. The van der Waals surface area contributed by atoms with Crippen LogP contribution in [-0.2, 0) is 10.6 Å². The molecule has 1 aromatic carbocycles. The van der Waals surface area contributed by atoms with Gasteiger partial charge in [0.15, 0.2) is 0 Å². The summed E-state index contributed by atoms with van der Waals surface area (Å²) in [4.78, 5) is 2.47. The number of benzene rings is 1. The number of anilines is 1. The summed E-state index contributed by atoms with van der Waals surface area (Å²) in [6, 6.07) is 6.54. The van der Waals surface area contributed by atoms with E-state index in [0.717, 1.165) is 23.7 Å². The third kappa shape index (κ3) is 2.22. The van der Waals surface area contributed by atoms with E-state index in [1.54, 1.807) is 0 Å². The van der Waals surface area contributed by atoms with Crippen LogP contribution in [0.15, 0.2) is 18.2 Å². The maximum absolute atomic E-state index is 6.05. The highest BCUT2D eigenvalue weighted by molar-refractivity contribution is 6.30. The zero-order valence-electron chi connectivity index (χ0n) is 10.2. The Balaban J connectivity index is 1.93. The number of ether oxygens (including phenoxy) is 1. The maximum atomic E-state index is 6.05. The van der Waals surface area contributed by atoms with Crippen molar-refractivity contribution < 1.29 is 4.74 Å². The summed E-state index contributed by atoms with van der Waals surface area (Å²) in [6.45, 7) is 1.76. The third-order valence-electron chi connectivity index (χ3n) is 3.98. The Morgan fingerprint density at radius 2 is 2.22 bits per heavy atom. The largest absolute Gasteiger partial charge is 0.374 e. The molecule has 1 aromatic rings. The molecule has 0 bridgehead atoms. The molecule has 2 nitrogen and oxygen atoms in total. The zero-order valence-corrected chi connectivity index (χ0v) is 11.8. The fourth-order valence-electron chi connectivity index (χ4n) is 3.17. The fraction of sp³-hybridized carbons (Fsp3) is 0.571. The predicted molar refractivity (Wildman–Crippen MR) is 75.7 cm³/mol. The number of fused-ring (bicyclic) bond motifs is 1. The highest BCUT2D eigenvalue weighted by atomic mass is 35.5. The van der Waals surface area contributed by atoms with Gasteiger partial charge in [0.05, 0.1) is 18.8 Å². The van der Waals surface area contributed by atoms with Crippen LogP contribution in [0.2, 0.25) is 5.02 Å². The number of hydrogen-bond donors (Lipinski definition) is 0. The van der Waals surface area contributed by atoms with E-state index in [4.69, 9.17) is 27.9 Å². The fourth-order valence-corrected chi connectivity index (χ4v) is 3.57. The van der Waals surface area contributed by atoms with Gasteiger partial charge in [0.2, 0.25) is 0 Å². The molecule has 2 atom stereocenters. The first kappa shape index (κ1) is 12.6. The van der Waals surface area contributed by atoms with Gasteiger partial charge < -0.3 is 9.64 Å². The summed E-state index contributed by atoms with van der Waals surface area (Å²) in [5, 5.41) is 0.755. The Kier molecular flexibility index (Phi) is 3.69. The Morgan fingerprint density at radius 3 is 3.06 bits per heavy atom. The third-order valence-corrected chi connectivity index (χ3v) is 4.50. The summed E-state index contributed by atoms with van der Waals surface area (Å²) in [5.74, 6) is 0.505. The van der Waals surface area contributed by atoms with Crippen LogP contribution in [0.3, 0.4) is 0 Å². The van der Waals surface area contributed by atoms with Gasteiger partial charge in [0.1, 0.15) is 0 Å². The second kappa shape index (κ2) is 5.28. The van der Waals surface area contributed by atoms with Crippen molar-refractivity contribution in [3.8, 4) is 0 Å². The number of rotatable bonds is 2. The second-order valence-corrected chi connectivity index (χ2v) is 5.71. The van der Waals surface area contributed by atoms with Crippen molar-refractivity contribution in [3.05, 3.63) is 28.8 Å². The lowest BCUT2D eigenvalue weighted by atomic mass is 10.1. The summed E-state index contributed by atoms with van der Waals surface area (Å²) >= 11 is 12.1. The molecule has 1 saturated carbocycles. The van der Waals surface area contributed by atoms with Crippen molar-refractivity contribution in [1.82, 2.24) is 0 Å². The lowest BCUT2D eigenvalue weighted by Gasteiger charge is -2.40. The van der Waals surface area contributed by atoms with E-state index in [-0.39, 0.29) is 0 Å². The van der Waals surface area contributed by atoms with E-state index in [0.29, 0.717) is 18.0 Å². The van der Waals surface area contributed by atoms with Crippen LogP contribution in [0.1, 0.15) is 24.8 Å². The Hall–Kier alpha value is -0.440. The first-order valence-electron chi connectivity index (χ1n) is 6.52. The molecule has 1 aliphatic carbocycles. The molecular weight excluding hydrogens is 269 g/mol. The van der Waals surface area contributed by atoms with Crippen molar-refractivity contribution in [2.45, 2.75) is 37.3 Å². The Bertz CT molecular complexity index is 438. The molecule has 0 radical (unpaired) electrons. The van der Waals surface area contributed by atoms with E-state index in [1.807, 2.05) is 12.1 Å². The van der Waals surface area contributed by atoms with Gasteiger partial charge in [0, 0.05) is 23.1 Å². The summed E-state index contributed by atoms with van der Waals surface area (Å²) in [6.07, 6.45) is 4.06. The zero-order chi connectivity index (χ0) is 12.5. The molecular formula is C14H17Cl2NO. The SMILES string of the molecule is ClCc1cc(Cl)ccc1N1CCOC2CCCC21. The predicted octanol–water partition coefficient (Wildman–Crippen LogP) is 3.84. The van der Waals surface area contributed by atoms with Crippen molar-refractivity contribution in [2.75, 3.05) is 18.1 Å². The maximum Gasteiger partial charge on any atom is 0.0779 e. The molecule has 1 heterocycles. The number of alkyl halides is 1. The second-order valence-electron chi connectivity index (χ2n) is 5.01. The molecule has 2 unspecified atom stereocenters. The Morgan fingerprint density at radius 1 is 1.33 bits per heavy atom. The average molecular weight is 286 g/mol. The molecule has 98 valence electrons.